The number of nitrogens with one attached hydrogen (secondary N) is 2. The zero-order valence-electron chi connectivity index (χ0n) is 15.4. The number of rotatable bonds is 6. The Kier molecular flexibility index (Phi) is 7.68. The summed E-state index contributed by atoms with van der Waals surface area (Å²) in [4.78, 5) is 8.57. The number of pyridine rings is 1. The highest BCUT2D eigenvalue weighted by atomic mass is 127. The number of benzene rings is 1. The fraction of sp³-hybridized carbons (Fsp3) is 0.400. The van der Waals surface area contributed by atoms with Gasteiger partial charge in [-0.3, -0.25) is 4.99 Å². The van der Waals surface area contributed by atoms with Crippen LogP contribution >= 0.6 is 24.0 Å². The number of aliphatic imine (C=N–C) groups is 1. The molecule has 140 valence electrons. The van der Waals surface area contributed by atoms with Crippen molar-refractivity contribution in [3.8, 4) is 5.88 Å². The van der Waals surface area contributed by atoms with Crippen LogP contribution in [0.25, 0.3) is 0 Å². The van der Waals surface area contributed by atoms with Crippen molar-refractivity contribution in [3.63, 3.8) is 0 Å². The van der Waals surface area contributed by atoms with Crippen LogP contribution < -0.4 is 15.4 Å². The van der Waals surface area contributed by atoms with Crippen LogP contribution in [0.15, 0.2) is 53.7 Å². The van der Waals surface area contributed by atoms with Gasteiger partial charge >= 0.3 is 0 Å². The van der Waals surface area contributed by atoms with E-state index in [1.54, 1.807) is 20.4 Å². The van der Waals surface area contributed by atoms with Crippen molar-refractivity contribution in [3.05, 3.63) is 59.8 Å². The Hall–Kier alpha value is -1.83. The SMILES string of the molecule is CN=C(NCc1cccnc1OC)NCC1(c2ccccc2)CCC1.I. The summed E-state index contributed by atoms with van der Waals surface area (Å²) < 4.78 is 5.30. The molecule has 1 aromatic heterocycles. The van der Waals surface area contributed by atoms with Crippen molar-refractivity contribution >= 4 is 29.9 Å². The molecule has 0 unspecified atom stereocenters. The number of methoxy groups -OCH3 is 1. The maximum Gasteiger partial charge on any atom is 0.218 e. The first-order chi connectivity index (χ1) is 12.3. The molecule has 2 aromatic rings. The van der Waals surface area contributed by atoms with Crippen LogP contribution in [0.5, 0.6) is 5.88 Å². The molecule has 1 heterocycles. The van der Waals surface area contributed by atoms with Gasteiger partial charge in [-0.25, -0.2) is 4.98 Å². The maximum atomic E-state index is 5.30. The lowest BCUT2D eigenvalue weighted by Crippen LogP contribution is -2.48. The molecule has 1 aromatic carbocycles. The van der Waals surface area contributed by atoms with Gasteiger partial charge in [-0.2, -0.15) is 0 Å². The summed E-state index contributed by atoms with van der Waals surface area (Å²) >= 11 is 0. The Morgan fingerprint density at radius 1 is 1.15 bits per heavy atom. The predicted octanol–water partition coefficient (Wildman–Crippen LogP) is 3.50. The second kappa shape index (κ2) is 9.75. The van der Waals surface area contributed by atoms with Crippen molar-refractivity contribution < 1.29 is 4.74 Å². The van der Waals surface area contributed by atoms with E-state index in [1.807, 2.05) is 12.1 Å². The Balaban J connectivity index is 0.00000243. The summed E-state index contributed by atoms with van der Waals surface area (Å²) in [6.45, 7) is 1.51. The first kappa shape index (κ1) is 20.5. The number of nitrogens with zero attached hydrogens (tertiary/aromatic N) is 2. The van der Waals surface area contributed by atoms with E-state index in [2.05, 4.69) is 50.9 Å². The first-order valence-corrected chi connectivity index (χ1v) is 8.75. The molecule has 26 heavy (non-hydrogen) atoms. The number of hydrogen-bond donors (Lipinski definition) is 2. The van der Waals surface area contributed by atoms with E-state index in [9.17, 15) is 0 Å². The molecule has 1 aliphatic carbocycles. The van der Waals surface area contributed by atoms with E-state index in [4.69, 9.17) is 4.74 Å². The molecule has 1 aliphatic rings. The average Bonchev–Trinajstić information content (AvgIpc) is 2.64. The van der Waals surface area contributed by atoms with Crippen LogP contribution in [-0.4, -0.2) is 31.6 Å². The van der Waals surface area contributed by atoms with Gasteiger partial charge in [0, 0.05) is 37.3 Å². The molecule has 0 amide bonds. The lowest BCUT2D eigenvalue weighted by molar-refractivity contribution is 0.244. The number of halogens is 1. The van der Waals surface area contributed by atoms with Crippen molar-refractivity contribution in [2.75, 3.05) is 20.7 Å². The summed E-state index contributed by atoms with van der Waals surface area (Å²) in [5.41, 5.74) is 2.65. The van der Waals surface area contributed by atoms with Crippen LogP contribution in [0, 0.1) is 0 Å². The molecule has 2 N–H and O–H groups in total. The molecule has 0 saturated heterocycles. The lowest BCUT2D eigenvalue weighted by Gasteiger charge is -2.43. The first-order valence-electron chi connectivity index (χ1n) is 8.75. The second-order valence-electron chi connectivity index (χ2n) is 6.45. The Labute approximate surface area is 172 Å². The second-order valence-corrected chi connectivity index (χ2v) is 6.45. The van der Waals surface area contributed by atoms with E-state index in [-0.39, 0.29) is 29.4 Å². The van der Waals surface area contributed by atoms with Gasteiger partial charge in [0.1, 0.15) is 0 Å². The minimum atomic E-state index is 0. The summed E-state index contributed by atoms with van der Waals surface area (Å²) in [5, 5.41) is 6.85. The summed E-state index contributed by atoms with van der Waals surface area (Å²) in [5.74, 6) is 1.44. The molecule has 0 aliphatic heterocycles. The quantitative estimate of drug-likeness (QED) is 0.389. The lowest BCUT2D eigenvalue weighted by atomic mass is 9.64. The summed E-state index contributed by atoms with van der Waals surface area (Å²) in [7, 11) is 3.44. The van der Waals surface area contributed by atoms with Gasteiger partial charge < -0.3 is 15.4 Å². The third-order valence-corrected chi connectivity index (χ3v) is 5.00. The number of guanidine groups is 1. The van der Waals surface area contributed by atoms with Crippen LogP contribution in [-0.2, 0) is 12.0 Å². The molecule has 5 nitrogen and oxygen atoms in total. The Morgan fingerprint density at radius 2 is 1.92 bits per heavy atom. The van der Waals surface area contributed by atoms with Gasteiger partial charge in [0.15, 0.2) is 5.96 Å². The largest absolute Gasteiger partial charge is 0.481 e. The average molecular weight is 466 g/mol. The van der Waals surface area contributed by atoms with E-state index in [0.717, 1.165) is 18.1 Å². The summed E-state index contributed by atoms with van der Waals surface area (Å²) in [6, 6.07) is 14.7. The highest BCUT2D eigenvalue weighted by Gasteiger charge is 2.38. The van der Waals surface area contributed by atoms with Gasteiger partial charge in [0.2, 0.25) is 5.88 Å². The zero-order valence-corrected chi connectivity index (χ0v) is 17.7. The number of ether oxygens (including phenoxy) is 1. The zero-order chi connectivity index (χ0) is 17.5. The van der Waals surface area contributed by atoms with Gasteiger partial charge in [0.25, 0.3) is 0 Å². The molecule has 0 bridgehead atoms. The smallest absolute Gasteiger partial charge is 0.218 e. The van der Waals surface area contributed by atoms with Gasteiger partial charge in [-0.15, -0.1) is 24.0 Å². The van der Waals surface area contributed by atoms with Crippen LogP contribution in [0.3, 0.4) is 0 Å². The minimum absolute atomic E-state index is 0. The van der Waals surface area contributed by atoms with Gasteiger partial charge in [0.05, 0.1) is 7.11 Å². The van der Waals surface area contributed by atoms with E-state index in [1.165, 1.54) is 24.8 Å². The Bertz CT molecular complexity index is 717. The molecule has 3 rings (SSSR count). The maximum absolute atomic E-state index is 5.30. The van der Waals surface area contributed by atoms with Gasteiger partial charge in [-0.1, -0.05) is 42.8 Å². The fourth-order valence-electron chi connectivity index (χ4n) is 3.36. The molecular formula is C20H27IN4O. The van der Waals surface area contributed by atoms with Crippen molar-refractivity contribution in [1.82, 2.24) is 15.6 Å². The molecule has 1 saturated carbocycles. The number of hydrogen-bond acceptors (Lipinski definition) is 3. The highest BCUT2D eigenvalue weighted by Crippen LogP contribution is 2.43. The highest BCUT2D eigenvalue weighted by molar-refractivity contribution is 14.0. The molecule has 1 fully saturated rings. The van der Waals surface area contributed by atoms with Crippen molar-refractivity contribution in [2.24, 2.45) is 4.99 Å². The summed E-state index contributed by atoms with van der Waals surface area (Å²) in [6.07, 6.45) is 5.46. The van der Waals surface area contributed by atoms with Crippen LogP contribution in [0.2, 0.25) is 0 Å². The molecular weight excluding hydrogens is 439 g/mol. The van der Waals surface area contributed by atoms with Crippen LogP contribution in [0.1, 0.15) is 30.4 Å². The molecule has 0 radical (unpaired) electrons. The van der Waals surface area contributed by atoms with E-state index in [0.29, 0.717) is 12.4 Å². The van der Waals surface area contributed by atoms with E-state index >= 15 is 0 Å². The molecule has 0 spiro atoms. The van der Waals surface area contributed by atoms with E-state index < -0.39 is 0 Å². The predicted molar refractivity (Wildman–Crippen MR) is 116 cm³/mol. The van der Waals surface area contributed by atoms with Crippen molar-refractivity contribution in [1.29, 1.82) is 0 Å². The molecule has 6 heteroatoms. The third kappa shape index (κ3) is 4.66. The molecule has 0 atom stereocenters. The minimum Gasteiger partial charge on any atom is -0.481 e. The monoisotopic (exact) mass is 466 g/mol. The topological polar surface area (TPSA) is 58.5 Å². The standard InChI is InChI=1S/C20H26N4O.HI/c1-21-19(23-14-16-8-6-13-22-18(16)25-2)24-15-20(11-7-12-20)17-9-4-3-5-10-17;/h3-6,8-10,13H,7,11-12,14-15H2,1-2H3,(H2,21,23,24);1H. The Morgan fingerprint density at radius 3 is 2.54 bits per heavy atom. The van der Waals surface area contributed by atoms with Crippen molar-refractivity contribution in [2.45, 2.75) is 31.2 Å². The van der Waals surface area contributed by atoms with Gasteiger partial charge in [-0.05, 0) is 24.5 Å². The number of aromatic nitrogens is 1. The fourth-order valence-corrected chi connectivity index (χ4v) is 3.36. The van der Waals surface area contributed by atoms with Crippen LogP contribution in [0.4, 0.5) is 0 Å². The normalized spacial score (nSPS) is 15.4. The third-order valence-electron chi connectivity index (χ3n) is 5.00.